The third-order valence-electron chi connectivity index (χ3n) is 5.37. The largest absolute Gasteiger partial charge is 0.467 e. The van der Waals surface area contributed by atoms with E-state index in [9.17, 15) is 18.0 Å². The van der Waals surface area contributed by atoms with Gasteiger partial charge in [0.25, 0.3) is 5.91 Å². The molecule has 4 heterocycles. The molecule has 146 valence electrons. The average Bonchev–Trinajstić information content (AvgIpc) is 3.29. The summed E-state index contributed by atoms with van der Waals surface area (Å²) < 4.78 is 47.0. The SMILES string of the molecule is CC1CCN(C(=O)c2cc3n(n2)[C@H](C(F)(F)F)C[C@H](c2ccco2)N3)CC1. The lowest BCUT2D eigenvalue weighted by Gasteiger charge is -2.32. The van der Waals surface area contributed by atoms with Crippen LogP contribution < -0.4 is 5.32 Å². The van der Waals surface area contributed by atoms with Crippen molar-refractivity contribution >= 4 is 11.7 Å². The fraction of sp³-hybridized carbons (Fsp3) is 0.556. The summed E-state index contributed by atoms with van der Waals surface area (Å²) in [7, 11) is 0. The van der Waals surface area contributed by atoms with Crippen molar-refractivity contribution in [3.8, 4) is 0 Å². The van der Waals surface area contributed by atoms with Crippen molar-refractivity contribution in [1.82, 2.24) is 14.7 Å². The van der Waals surface area contributed by atoms with Gasteiger partial charge in [-0.2, -0.15) is 18.3 Å². The molecule has 1 N–H and O–H groups in total. The molecule has 0 saturated carbocycles. The van der Waals surface area contributed by atoms with E-state index in [4.69, 9.17) is 4.42 Å². The van der Waals surface area contributed by atoms with Gasteiger partial charge in [0.15, 0.2) is 11.7 Å². The summed E-state index contributed by atoms with van der Waals surface area (Å²) in [6, 6.07) is 2.24. The van der Waals surface area contributed by atoms with Crippen LogP contribution >= 0.6 is 0 Å². The Balaban J connectivity index is 1.63. The van der Waals surface area contributed by atoms with Crippen molar-refractivity contribution in [2.24, 2.45) is 5.92 Å². The highest BCUT2D eigenvalue weighted by atomic mass is 19.4. The number of carbonyl (C=O) groups is 1. The van der Waals surface area contributed by atoms with Crippen LogP contribution in [0.25, 0.3) is 0 Å². The van der Waals surface area contributed by atoms with E-state index in [-0.39, 0.29) is 23.8 Å². The Kier molecular flexibility index (Phi) is 4.39. The fourth-order valence-corrected chi connectivity index (χ4v) is 3.73. The maximum atomic E-state index is 13.6. The minimum absolute atomic E-state index is 0.0430. The third-order valence-corrected chi connectivity index (χ3v) is 5.37. The van der Waals surface area contributed by atoms with Gasteiger partial charge < -0.3 is 14.6 Å². The molecule has 9 heteroatoms. The summed E-state index contributed by atoms with van der Waals surface area (Å²) in [5.41, 5.74) is 0.0430. The average molecular weight is 382 g/mol. The van der Waals surface area contributed by atoms with Crippen LogP contribution in [-0.2, 0) is 0 Å². The minimum atomic E-state index is -4.48. The topological polar surface area (TPSA) is 63.3 Å². The first kappa shape index (κ1) is 17.9. The molecule has 2 aliphatic heterocycles. The molecular weight excluding hydrogens is 361 g/mol. The number of furan rings is 1. The number of likely N-dealkylation sites (tertiary alicyclic amines) is 1. The van der Waals surface area contributed by atoms with Crippen LogP contribution in [-0.4, -0.2) is 39.9 Å². The zero-order valence-corrected chi connectivity index (χ0v) is 14.9. The highest BCUT2D eigenvalue weighted by Gasteiger charge is 2.47. The van der Waals surface area contributed by atoms with Gasteiger partial charge in [0.1, 0.15) is 11.6 Å². The number of hydrogen-bond acceptors (Lipinski definition) is 4. The molecule has 4 rings (SSSR count). The van der Waals surface area contributed by atoms with E-state index < -0.39 is 18.3 Å². The maximum absolute atomic E-state index is 13.6. The van der Waals surface area contributed by atoms with Gasteiger partial charge in [0.2, 0.25) is 0 Å². The highest BCUT2D eigenvalue weighted by molar-refractivity contribution is 5.93. The molecule has 2 aromatic heterocycles. The van der Waals surface area contributed by atoms with Gasteiger partial charge in [0, 0.05) is 25.6 Å². The Hall–Kier alpha value is -2.45. The Morgan fingerprint density at radius 2 is 2.07 bits per heavy atom. The summed E-state index contributed by atoms with van der Waals surface area (Å²) >= 11 is 0. The molecule has 1 fully saturated rings. The Labute approximate surface area is 154 Å². The monoisotopic (exact) mass is 382 g/mol. The predicted octanol–water partition coefficient (Wildman–Crippen LogP) is 4.01. The van der Waals surface area contributed by atoms with E-state index in [1.54, 1.807) is 17.0 Å². The molecule has 1 amide bonds. The van der Waals surface area contributed by atoms with Gasteiger partial charge in [-0.25, -0.2) is 4.68 Å². The molecule has 0 aliphatic carbocycles. The van der Waals surface area contributed by atoms with Crippen LogP contribution in [0.5, 0.6) is 0 Å². The number of rotatable bonds is 2. The second kappa shape index (κ2) is 6.61. The van der Waals surface area contributed by atoms with E-state index in [1.807, 2.05) is 0 Å². The second-order valence-electron chi connectivity index (χ2n) is 7.34. The number of aromatic nitrogens is 2. The zero-order chi connectivity index (χ0) is 19.2. The molecule has 2 aromatic rings. The Morgan fingerprint density at radius 3 is 2.70 bits per heavy atom. The zero-order valence-electron chi connectivity index (χ0n) is 14.9. The summed E-state index contributed by atoms with van der Waals surface area (Å²) in [6.45, 7) is 3.34. The summed E-state index contributed by atoms with van der Waals surface area (Å²) in [5.74, 6) is 0.837. The summed E-state index contributed by atoms with van der Waals surface area (Å²) in [5, 5.41) is 7.04. The lowest BCUT2D eigenvalue weighted by molar-refractivity contribution is -0.174. The molecule has 27 heavy (non-hydrogen) atoms. The van der Waals surface area contributed by atoms with Crippen LogP contribution in [0, 0.1) is 5.92 Å². The van der Waals surface area contributed by atoms with E-state index in [2.05, 4.69) is 17.3 Å². The number of anilines is 1. The van der Waals surface area contributed by atoms with Gasteiger partial charge in [-0.1, -0.05) is 6.92 Å². The Bertz CT molecular complexity index is 807. The van der Waals surface area contributed by atoms with Gasteiger partial charge >= 0.3 is 6.18 Å². The molecule has 0 aromatic carbocycles. The number of piperidine rings is 1. The molecule has 0 unspecified atom stereocenters. The molecule has 0 spiro atoms. The lowest BCUT2D eigenvalue weighted by Crippen LogP contribution is -2.38. The molecule has 0 bridgehead atoms. The van der Waals surface area contributed by atoms with E-state index >= 15 is 0 Å². The smallest absolute Gasteiger partial charge is 0.410 e. The number of halogens is 3. The van der Waals surface area contributed by atoms with Crippen molar-refractivity contribution in [1.29, 1.82) is 0 Å². The van der Waals surface area contributed by atoms with E-state index in [0.29, 0.717) is 24.8 Å². The fourth-order valence-electron chi connectivity index (χ4n) is 3.73. The van der Waals surface area contributed by atoms with Crippen LogP contribution in [0.2, 0.25) is 0 Å². The summed E-state index contributed by atoms with van der Waals surface area (Å²) in [6.07, 6.45) is -1.51. The van der Waals surface area contributed by atoms with Crippen LogP contribution in [0.4, 0.5) is 19.0 Å². The van der Waals surface area contributed by atoms with Crippen molar-refractivity contribution in [2.45, 2.75) is 44.4 Å². The molecule has 6 nitrogen and oxygen atoms in total. The van der Waals surface area contributed by atoms with E-state index in [0.717, 1.165) is 17.5 Å². The highest BCUT2D eigenvalue weighted by Crippen LogP contribution is 2.43. The van der Waals surface area contributed by atoms with Crippen molar-refractivity contribution < 1.29 is 22.4 Å². The number of hydrogen-bond donors (Lipinski definition) is 1. The summed E-state index contributed by atoms with van der Waals surface area (Å²) in [4.78, 5) is 14.4. The first-order valence-corrected chi connectivity index (χ1v) is 9.08. The van der Waals surface area contributed by atoms with Gasteiger partial charge in [0.05, 0.1) is 12.3 Å². The number of nitrogens with zero attached hydrogens (tertiary/aromatic N) is 3. The first-order chi connectivity index (χ1) is 12.8. The molecule has 0 radical (unpaired) electrons. The second-order valence-corrected chi connectivity index (χ2v) is 7.34. The standard InChI is InChI=1S/C18H21F3N4O2/c1-11-4-6-24(7-5-11)17(26)13-10-16-22-12(14-3-2-8-27-14)9-15(18(19,20)21)25(16)23-13/h2-3,8,10-12,15,22H,4-7,9H2,1H3/t12-,15+/m1/s1. The Morgan fingerprint density at radius 1 is 1.33 bits per heavy atom. The van der Waals surface area contributed by atoms with Gasteiger partial charge in [-0.15, -0.1) is 0 Å². The number of nitrogens with one attached hydrogen (secondary N) is 1. The minimum Gasteiger partial charge on any atom is -0.467 e. The number of amides is 1. The van der Waals surface area contributed by atoms with Gasteiger partial charge in [-0.3, -0.25) is 4.79 Å². The molecule has 2 aliphatic rings. The first-order valence-electron chi connectivity index (χ1n) is 9.08. The van der Waals surface area contributed by atoms with Crippen LogP contribution in [0.15, 0.2) is 28.9 Å². The number of carbonyl (C=O) groups excluding carboxylic acids is 1. The lowest BCUT2D eigenvalue weighted by atomic mass is 9.99. The quantitative estimate of drug-likeness (QED) is 0.853. The van der Waals surface area contributed by atoms with Gasteiger partial charge in [-0.05, 0) is 30.9 Å². The van der Waals surface area contributed by atoms with E-state index in [1.165, 1.54) is 12.3 Å². The van der Waals surface area contributed by atoms with Crippen molar-refractivity contribution in [3.63, 3.8) is 0 Å². The molecular formula is C18H21F3N4O2. The maximum Gasteiger partial charge on any atom is 0.410 e. The molecule has 2 atom stereocenters. The normalized spacial score (nSPS) is 23.8. The van der Waals surface area contributed by atoms with Crippen LogP contribution in [0.1, 0.15) is 54.5 Å². The van der Waals surface area contributed by atoms with Crippen molar-refractivity contribution in [2.75, 3.05) is 18.4 Å². The molecule has 1 saturated heterocycles. The van der Waals surface area contributed by atoms with Crippen molar-refractivity contribution in [3.05, 3.63) is 35.9 Å². The van der Waals surface area contributed by atoms with Crippen LogP contribution in [0.3, 0.4) is 0 Å². The number of alkyl halides is 3. The third kappa shape index (κ3) is 3.42. The number of fused-ring (bicyclic) bond motifs is 1. The predicted molar refractivity (Wildman–Crippen MR) is 91.3 cm³/mol.